The van der Waals surface area contributed by atoms with Gasteiger partial charge in [-0.2, -0.15) is 18.4 Å². The molecule has 4 rings (SSSR count). The lowest BCUT2D eigenvalue weighted by Crippen LogP contribution is -2.46. The van der Waals surface area contributed by atoms with E-state index in [2.05, 4.69) is 11.4 Å². The quantitative estimate of drug-likeness (QED) is 0.813. The van der Waals surface area contributed by atoms with Gasteiger partial charge in [0.25, 0.3) is 0 Å². The molecule has 0 aromatic heterocycles. The van der Waals surface area contributed by atoms with Crippen molar-refractivity contribution in [1.29, 1.82) is 5.26 Å². The van der Waals surface area contributed by atoms with Gasteiger partial charge in [-0.15, -0.1) is 0 Å². The fraction of sp³-hybridized carbons (Fsp3) is 0.591. The molecule has 0 spiro atoms. The lowest BCUT2D eigenvalue weighted by Gasteiger charge is -2.23. The van der Waals surface area contributed by atoms with Crippen molar-refractivity contribution in [3.05, 3.63) is 35.4 Å². The van der Waals surface area contributed by atoms with Crippen LogP contribution in [0.25, 0.3) is 0 Å². The predicted octanol–water partition coefficient (Wildman–Crippen LogP) is 3.26. The first-order valence-electron chi connectivity index (χ1n) is 10.4. The Bertz CT molecular complexity index is 894. The first-order chi connectivity index (χ1) is 14.2. The Kier molecular flexibility index (Phi) is 5.35. The third-order valence-electron chi connectivity index (χ3n) is 6.70. The summed E-state index contributed by atoms with van der Waals surface area (Å²) in [5.41, 5.74) is -0.152. The Hall–Kier alpha value is -2.40. The van der Waals surface area contributed by atoms with Gasteiger partial charge in [0, 0.05) is 24.4 Å². The number of benzene rings is 1. The fourth-order valence-electron chi connectivity index (χ4n) is 4.96. The van der Waals surface area contributed by atoms with E-state index >= 15 is 0 Å². The van der Waals surface area contributed by atoms with Gasteiger partial charge in [-0.25, -0.2) is 0 Å². The average Bonchev–Trinajstić information content (AvgIpc) is 3.20. The Balaban J connectivity index is 1.40. The Labute approximate surface area is 173 Å². The SMILES string of the molecule is CC1NC(C(=O)N2CCC[C@H]2C#N)CC1C(=O)C1CC1c1cccc(C(F)(F)F)c1. The fourth-order valence-corrected chi connectivity index (χ4v) is 4.96. The Morgan fingerprint density at radius 3 is 2.70 bits per heavy atom. The normalized spacial score (nSPS) is 33.4. The van der Waals surface area contributed by atoms with E-state index in [1.165, 1.54) is 6.07 Å². The molecule has 3 aliphatic rings. The number of carbonyl (C=O) groups is 2. The number of ketones is 1. The summed E-state index contributed by atoms with van der Waals surface area (Å²) in [5, 5.41) is 12.4. The second-order valence-corrected chi connectivity index (χ2v) is 8.64. The zero-order valence-corrected chi connectivity index (χ0v) is 16.7. The van der Waals surface area contributed by atoms with E-state index in [0.29, 0.717) is 31.4 Å². The molecule has 2 saturated heterocycles. The average molecular weight is 419 g/mol. The summed E-state index contributed by atoms with van der Waals surface area (Å²) in [6.07, 6.45) is -2.01. The molecule has 160 valence electrons. The summed E-state index contributed by atoms with van der Waals surface area (Å²) in [7, 11) is 0. The molecule has 1 aliphatic carbocycles. The smallest absolute Gasteiger partial charge is 0.325 e. The lowest BCUT2D eigenvalue weighted by atomic mass is 9.90. The molecule has 1 aromatic rings. The molecule has 1 saturated carbocycles. The molecular formula is C22H24F3N3O2. The van der Waals surface area contributed by atoms with Crippen molar-refractivity contribution < 1.29 is 22.8 Å². The van der Waals surface area contributed by atoms with Crippen molar-refractivity contribution >= 4 is 11.7 Å². The standard InChI is InChI=1S/C22H24F3N3O2/c1-12-16(10-19(27-12)21(30)28-7-3-6-15(28)11-26)20(29)18-9-17(18)13-4-2-5-14(8-13)22(23,24)25/h2,4-5,8,12,15-19,27H,3,6-7,9-10H2,1H3/t12?,15-,16?,17?,18?,19?/m0/s1. The van der Waals surface area contributed by atoms with Gasteiger partial charge in [0.15, 0.2) is 0 Å². The maximum atomic E-state index is 13.1. The van der Waals surface area contributed by atoms with Crippen molar-refractivity contribution in [3.63, 3.8) is 0 Å². The topological polar surface area (TPSA) is 73.2 Å². The van der Waals surface area contributed by atoms with Gasteiger partial charge in [-0.1, -0.05) is 18.2 Å². The molecule has 2 aliphatic heterocycles. The highest BCUT2D eigenvalue weighted by molar-refractivity contribution is 5.90. The zero-order valence-electron chi connectivity index (χ0n) is 16.7. The van der Waals surface area contributed by atoms with Crippen LogP contribution in [0.1, 0.15) is 49.7 Å². The maximum Gasteiger partial charge on any atom is 0.416 e. The molecule has 1 aromatic carbocycles. The van der Waals surface area contributed by atoms with Crippen LogP contribution in [0.2, 0.25) is 0 Å². The van der Waals surface area contributed by atoms with Gasteiger partial charge in [0.05, 0.1) is 17.7 Å². The predicted molar refractivity (Wildman–Crippen MR) is 102 cm³/mol. The van der Waals surface area contributed by atoms with Crippen LogP contribution >= 0.6 is 0 Å². The minimum Gasteiger partial charge on any atom is -0.325 e. The summed E-state index contributed by atoms with van der Waals surface area (Å²) in [6, 6.07) is 6.28. The van der Waals surface area contributed by atoms with Gasteiger partial charge in [-0.3, -0.25) is 9.59 Å². The number of hydrogen-bond donors (Lipinski definition) is 1. The second kappa shape index (κ2) is 7.69. The zero-order chi connectivity index (χ0) is 21.6. The third kappa shape index (κ3) is 3.83. The highest BCUT2D eigenvalue weighted by Gasteiger charge is 2.50. The van der Waals surface area contributed by atoms with Crippen LogP contribution in [0.4, 0.5) is 13.2 Å². The number of carbonyl (C=O) groups excluding carboxylic acids is 2. The van der Waals surface area contributed by atoms with Crippen LogP contribution in [-0.2, 0) is 15.8 Å². The molecule has 6 atom stereocenters. The van der Waals surface area contributed by atoms with Gasteiger partial charge < -0.3 is 10.2 Å². The van der Waals surface area contributed by atoms with Crippen LogP contribution in [0.3, 0.4) is 0 Å². The molecule has 0 bridgehead atoms. The molecule has 5 unspecified atom stereocenters. The number of nitrogens with zero attached hydrogens (tertiary/aromatic N) is 2. The van der Waals surface area contributed by atoms with Crippen LogP contribution in [-0.4, -0.2) is 41.3 Å². The second-order valence-electron chi connectivity index (χ2n) is 8.64. The lowest BCUT2D eigenvalue weighted by molar-refractivity contribution is -0.137. The number of halogens is 3. The summed E-state index contributed by atoms with van der Waals surface area (Å²) >= 11 is 0. The molecule has 5 nitrogen and oxygen atoms in total. The van der Waals surface area contributed by atoms with Crippen molar-refractivity contribution in [2.24, 2.45) is 11.8 Å². The van der Waals surface area contributed by atoms with E-state index in [0.717, 1.165) is 18.6 Å². The van der Waals surface area contributed by atoms with E-state index in [1.807, 2.05) is 6.92 Å². The number of hydrogen-bond acceptors (Lipinski definition) is 4. The number of amides is 1. The molecule has 1 amide bonds. The van der Waals surface area contributed by atoms with Crippen molar-refractivity contribution in [2.45, 2.75) is 62.8 Å². The summed E-state index contributed by atoms with van der Waals surface area (Å²) in [6.45, 7) is 2.42. The largest absolute Gasteiger partial charge is 0.416 e. The Morgan fingerprint density at radius 1 is 1.23 bits per heavy atom. The molecule has 1 N–H and O–H groups in total. The summed E-state index contributed by atoms with van der Waals surface area (Å²) in [4.78, 5) is 27.5. The van der Waals surface area contributed by atoms with E-state index in [-0.39, 0.29) is 35.5 Å². The number of alkyl halides is 3. The van der Waals surface area contributed by atoms with E-state index in [4.69, 9.17) is 0 Å². The molecule has 2 heterocycles. The Morgan fingerprint density at radius 2 is 2.00 bits per heavy atom. The minimum atomic E-state index is -4.40. The van der Waals surface area contributed by atoms with Gasteiger partial charge >= 0.3 is 6.18 Å². The molecule has 3 fully saturated rings. The summed E-state index contributed by atoms with van der Waals surface area (Å²) < 4.78 is 38.9. The maximum absolute atomic E-state index is 13.1. The van der Waals surface area contributed by atoms with E-state index in [1.54, 1.807) is 11.0 Å². The highest BCUT2D eigenvalue weighted by atomic mass is 19.4. The first kappa shape index (κ1) is 20.9. The minimum absolute atomic E-state index is 0.0194. The van der Waals surface area contributed by atoms with Crippen LogP contribution < -0.4 is 5.32 Å². The van der Waals surface area contributed by atoms with Crippen LogP contribution in [0.5, 0.6) is 0 Å². The number of nitrogens with one attached hydrogen (secondary N) is 1. The van der Waals surface area contributed by atoms with Gasteiger partial charge in [0.1, 0.15) is 11.8 Å². The van der Waals surface area contributed by atoms with E-state index in [9.17, 15) is 28.0 Å². The number of nitriles is 1. The molecule has 0 radical (unpaired) electrons. The highest BCUT2D eigenvalue weighted by Crippen LogP contribution is 2.51. The number of likely N-dealkylation sites (tertiary alicyclic amines) is 1. The first-order valence-corrected chi connectivity index (χ1v) is 10.4. The molecular weight excluding hydrogens is 395 g/mol. The van der Waals surface area contributed by atoms with Crippen molar-refractivity contribution in [1.82, 2.24) is 10.2 Å². The molecule has 30 heavy (non-hydrogen) atoms. The third-order valence-corrected chi connectivity index (χ3v) is 6.70. The van der Waals surface area contributed by atoms with Gasteiger partial charge in [-0.05, 0) is 50.2 Å². The van der Waals surface area contributed by atoms with Crippen molar-refractivity contribution in [2.75, 3.05) is 6.54 Å². The number of rotatable bonds is 4. The van der Waals surface area contributed by atoms with Gasteiger partial charge in [0.2, 0.25) is 5.91 Å². The summed E-state index contributed by atoms with van der Waals surface area (Å²) in [5.74, 6) is -0.946. The number of Topliss-reactive ketones (excluding diaryl/α,β-unsaturated/α-hetero) is 1. The monoisotopic (exact) mass is 419 g/mol. The van der Waals surface area contributed by atoms with Crippen LogP contribution in [0, 0.1) is 23.2 Å². The van der Waals surface area contributed by atoms with Crippen molar-refractivity contribution in [3.8, 4) is 6.07 Å². The van der Waals surface area contributed by atoms with E-state index < -0.39 is 23.8 Å². The molecule has 8 heteroatoms. The van der Waals surface area contributed by atoms with Crippen LogP contribution in [0.15, 0.2) is 24.3 Å².